The predicted octanol–water partition coefficient (Wildman–Crippen LogP) is 3.31. The second-order valence-electron chi connectivity index (χ2n) is 6.46. The third-order valence-corrected chi connectivity index (χ3v) is 5.16. The van der Waals surface area contributed by atoms with Crippen molar-refractivity contribution in [2.24, 2.45) is 0 Å². The molecule has 1 aliphatic rings. The summed E-state index contributed by atoms with van der Waals surface area (Å²) in [4.78, 5) is 18.9. The van der Waals surface area contributed by atoms with Crippen LogP contribution in [0.15, 0.2) is 33.6 Å². The molecule has 8 heteroatoms. The summed E-state index contributed by atoms with van der Waals surface area (Å²) in [6.45, 7) is 6.77. The number of hydrogen-bond acceptors (Lipinski definition) is 5. The fraction of sp³-hybridized carbons (Fsp3) is 0.579. The number of piperidine rings is 1. The minimum Gasteiger partial charge on any atom is -0.444 e. The van der Waals surface area contributed by atoms with E-state index in [1.807, 2.05) is 24.2 Å². The molecule has 27 heavy (non-hydrogen) atoms. The second-order valence-corrected chi connectivity index (χ2v) is 7.24. The zero-order chi connectivity index (χ0) is 19.1. The molecule has 2 aromatic rings. The lowest BCUT2D eigenvalue weighted by Gasteiger charge is -2.31. The summed E-state index contributed by atoms with van der Waals surface area (Å²) in [5.41, 5.74) is 0. The number of halogens is 1. The maximum Gasteiger partial charge on any atom is 0.289 e. The van der Waals surface area contributed by atoms with Gasteiger partial charge < -0.3 is 23.4 Å². The lowest BCUT2D eigenvalue weighted by molar-refractivity contribution is 0.0492. The van der Waals surface area contributed by atoms with E-state index < -0.39 is 0 Å². The molecule has 2 aromatic heterocycles. The van der Waals surface area contributed by atoms with Crippen LogP contribution in [-0.2, 0) is 16.0 Å². The van der Waals surface area contributed by atoms with Crippen molar-refractivity contribution in [3.63, 3.8) is 0 Å². The number of aromatic nitrogens is 2. The number of likely N-dealkylation sites (tertiary alicyclic amines) is 1. The van der Waals surface area contributed by atoms with E-state index in [2.05, 4.69) is 25.5 Å². The van der Waals surface area contributed by atoms with Crippen molar-refractivity contribution < 1.29 is 18.7 Å². The minimum absolute atomic E-state index is 0.0507. The molecule has 1 saturated heterocycles. The highest BCUT2D eigenvalue weighted by Gasteiger charge is 2.28. The second kappa shape index (κ2) is 10.1. The number of furan rings is 1. The highest BCUT2D eigenvalue weighted by atomic mass is 79.9. The lowest BCUT2D eigenvalue weighted by Crippen LogP contribution is -2.38. The van der Waals surface area contributed by atoms with Gasteiger partial charge in [-0.25, -0.2) is 4.98 Å². The van der Waals surface area contributed by atoms with Crippen molar-refractivity contribution in [2.75, 3.05) is 39.5 Å². The van der Waals surface area contributed by atoms with E-state index in [1.165, 1.54) is 0 Å². The predicted molar refractivity (Wildman–Crippen MR) is 104 cm³/mol. The number of nitrogens with zero attached hydrogens (tertiary/aromatic N) is 3. The molecule has 0 spiro atoms. The third kappa shape index (κ3) is 5.43. The molecule has 0 atom stereocenters. The van der Waals surface area contributed by atoms with Gasteiger partial charge in [0.15, 0.2) is 10.4 Å². The Kier molecular flexibility index (Phi) is 7.49. The van der Waals surface area contributed by atoms with Gasteiger partial charge in [-0.1, -0.05) is 0 Å². The van der Waals surface area contributed by atoms with Crippen molar-refractivity contribution in [3.05, 3.63) is 40.8 Å². The van der Waals surface area contributed by atoms with E-state index >= 15 is 0 Å². The van der Waals surface area contributed by atoms with Crippen LogP contribution in [0, 0.1) is 0 Å². The fourth-order valence-corrected chi connectivity index (χ4v) is 3.63. The van der Waals surface area contributed by atoms with Crippen molar-refractivity contribution in [3.8, 4) is 0 Å². The highest BCUT2D eigenvalue weighted by Crippen LogP contribution is 2.28. The molecule has 148 valence electrons. The Bertz CT molecular complexity index is 722. The van der Waals surface area contributed by atoms with Gasteiger partial charge in [0.25, 0.3) is 5.91 Å². The first kappa shape index (κ1) is 20.1. The summed E-state index contributed by atoms with van der Waals surface area (Å²) < 4.78 is 19.0. The topological polar surface area (TPSA) is 69.7 Å². The molecule has 3 rings (SSSR count). The number of rotatable bonds is 9. The maximum absolute atomic E-state index is 12.5. The van der Waals surface area contributed by atoms with Gasteiger partial charge in [-0.3, -0.25) is 4.79 Å². The fourth-order valence-electron chi connectivity index (χ4n) is 3.32. The van der Waals surface area contributed by atoms with Gasteiger partial charge in [-0.2, -0.15) is 0 Å². The van der Waals surface area contributed by atoms with E-state index in [1.54, 1.807) is 12.1 Å². The molecule has 1 amide bonds. The summed E-state index contributed by atoms with van der Waals surface area (Å²) in [5.74, 6) is 1.77. The first-order valence-electron chi connectivity index (χ1n) is 9.40. The zero-order valence-corrected chi connectivity index (χ0v) is 17.2. The first-order chi connectivity index (χ1) is 13.2. The minimum atomic E-state index is -0.0507. The Balaban J connectivity index is 1.47. The molecule has 0 radical (unpaired) electrons. The Morgan fingerprint density at radius 2 is 2.04 bits per heavy atom. The van der Waals surface area contributed by atoms with Crippen LogP contribution >= 0.6 is 15.9 Å². The largest absolute Gasteiger partial charge is 0.444 e. The van der Waals surface area contributed by atoms with Gasteiger partial charge in [-0.05, 0) is 47.8 Å². The van der Waals surface area contributed by atoms with Gasteiger partial charge in [-0.15, -0.1) is 0 Å². The zero-order valence-electron chi connectivity index (χ0n) is 15.6. The van der Waals surface area contributed by atoms with Crippen LogP contribution in [0.3, 0.4) is 0 Å². The Hall–Kier alpha value is -1.64. The van der Waals surface area contributed by atoms with Crippen molar-refractivity contribution >= 4 is 21.8 Å². The van der Waals surface area contributed by atoms with Crippen LogP contribution in [0.4, 0.5) is 0 Å². The molecule has 1 fully saturated rings. The van der Waals surface area contributed by atoms with Crippen LogP contribution in [0.25, 0.3) is 0 Å². The normalized spacial score (nSPS) is 15.4. The monoisotopic (exact) mass is 439 g/mol. The summed E-state index contributed by atoms with van der Waals surface area (Å²) in [6.07, 6.45) is 5.64. The van der Waals surface area contributed by atoms with Crippen LogP contribution < -0.4 is 0 Å². The van der Waals surface area contributed by atoms with Gasteiger partial charge >= 0.3 is 0 Å². The Labute approximate surface area is 167 Å². The Morgan fingerprint density at radius 3 is 2.74 bits per heavy atom. The highest BCUT2D eigenvalue weighted by molar-refractivity contribution is 9.10. The molecule has 0 aliphatic carbocycles. The van der Waals surface area contributed by atoms with Crippen LogP contribution in [-0.4, -0.2) is 59.9 Å². The lowest BCUT2D eigenvalue weighted by atomic mass is 9.95. The van der Waals surface area contributed by atoms with Gasteiger partial charge in [0.2, 0.25) is 0 Å². The molecule has 0 N–H and O–H groups in total. The van der Waals surface area contributed by atoms with E-state index in [-0.39, 0.29) is 5.91 Å². The summed E-state index contributed by atoms with van der Waals surface area (Å²) >= 11 is 3.24. The molecule has 0 bridgehead atoms. The quantitative estimate of drug-likeness (QED) is 0.560. The van der Waals surface area contributed by atoms with Crippen molar-refractivity contribution in [1.82, 2.24) is 14.5 Å². The summed E-state index contributed by atoms with van der Waals surface area (Å²) in [6, 6.07) is 3.45. The summed E-state index contributed by atoms with van der Waals surface area (Å²) in [7, 11) is 0. The SMILES string of the molecule is CCOCCOCCn1ccnc1C1CCN(C(=O)c2ccc(Br)o2)CC1. The van der Waals surface area contributed by atoms with Crippen molar-refractivity contribution in [1.29, 1.82) is 0 Å². The molecular weight excluding hydrogens is 414 g/mol. The molecule has 0 saturated carbocycles. The van der Waals surface area contributed by atoms with Crippen LogP contribution in [0.5, 0.6) is 0 Å². The van der Waals surface area contributed by atoms with E-state index in [4.69, 9.17) is 13.9 Å². The standard InChI is InChI=1S/C19H26BrN3O4/c1-2-25-13-14-26-12-11-22-10-7-21-18(22)15-5-8-23(9-6-15)19(24)16-3-4-17(20)27-16/h3-4,7,10,15H,2,5-6,8-9,11-14H2,1H3. The molecule has 7 nitrogen and oxygen atoms in total. The van der Waals surface area contributed by atoms with E-state index in [0.717, 1.165) is 25.2 Å². The van der Waals surface area contributed by atoms with Gasteiger partial charge in [0, 0.05) is 44.6 Å². The average molecular weight is 440 g/mol. The molecule has 3 heterocycles. The number of imidazole rings is 1. The van der Waals surface area contributed by atoms with E-state index in [9.17, 15) is 4.79 Å². The maximum atomic E-state index is 12.5. The number of hydrogen-bond donors (Lipinski definition) is 0. The number of ether oxygens (including phenoxy) is 2. The Morgan fingerprint density at radius 1 is 1.26 bits per heavy atom. The van der Waals surface area contributed by atoms with Gasteiger partial charge in [0.1, 0.15) is 5.82 Å². The number of carbonyl (C=O) groups is 1. The number of amides is 1. The molecule has 0 aromatic carbocycles. The number of carbonyl (C=O) groups excluding carboxylic acids is 1. The van der Waals surface area contributed by atoms with E-state index in [0.29, 0.717) is 55.9 Å². The molecular formula is C19H26BrN3O4. The van der Waals surface area contributed by atoms with Crippen molar-refractivity contribution in [2.45, 2.75) is 32.2 Å². The molecule has 0 unspecified atom stereocenters. The van der Waals surface area contributed by atoms with Gasteiger partial charge in [0.05, 0.1) is 19.8 Å². The molecule has 1 aliphatic heterocycles. The smallest absolute Gasteiger partial charge is 0.289 e. The van der Waals surface area contributed by atoms with Crippen LogP contribution in [0.2, 0.25) is 0 Å². The first-order valence-corrected chi connectivity index (χ1v) is 10.2. The average Bonchev–Trinajstić information content (AvgIpc) is 3.33. The van der Waals surface area contributed by atoms with Crippen LogP contribution in [0.1, 0.15) is 42.1 Å². The third-order valence-electron chi connectivity index (χ3n) is 4.73. The summed E-state index contributed by atoms with van der Waals surface area (Å²) in [5, 5.41) is 0.